The number of aryl methyl sites for hydroxylation is 1. The van der Waals surface area contributed by atoms with Gasteiger partial charge in [0.25, 0.3) is 5.91 Å². The lowest BCUT2D eigenvalue weighted by Crippen LogP contribution is -2.31. The molecular formula is C16H22N2O. The van der Waals surface area contributed by atoms with Crippen LogP contribution in [0.15, 0.2) is 24.3 Å². The number of carbonyl (C=O) groups excluding carboxylic acids is 1. The lowest BCUT2D eigenvalue weighted by Gasteiger charge is -2.15. The SMILES string of the molecule is Cc1cccc(C(=O)NC[C@@H]2CCN(C3CC3)C2)c1. The van der Waals surface area contributed by atoms with Gasteiger partial charge in [-0.05, 0) is 50.8 Å². The highest BCUT2D eigenvalue weighted by Gasteiger charge is 2.34. The molecule has 0 spiro atoms. The summed E-state index contributed by atoms with van der Waals surface area (Å²) >= 11 is 0. The molecule has 2 fully saturated rings. The monoisotopic (exact) mass is 258 g/mol. The summed E-state index contributed by atoms with van der Waals surface area (Å²) in [6.45, 7) is 5.21. The van der Waals surface area contributed by atoms with Crippen LogP contribution in [0.25, 0.3) is 0 Å². The van der Waals surface area contributed by atoms with Gasteiger partial charge in [-0.15, -0.1) is 0 Å². The van der Waals surface area contributed by atoms with Crippen molar-refractivity contribution >= 4 is 5.91 Å². The summed E-state index contributed by atoms with van der Waals surface area (Å²) in [5.41, 5.74) is 1.91. The second-order valence-electron chi connectivity index (χ2n) is 5.96. The number of nitrogens with one attached hydrogen (secondary N) is 1. The zero-order valence-electron chi connectivity index (χ0n) is 11.6. The maximum absolute atomic E-state index is 12.1. The van der Waals surface area contributed by atoms with Gasteiger partial charge in [-0.3, -0.25) is 4.79 Å². The van der Waals surface area contributed by atoms with Crippen molar-refractivity contribution in [2.45, 2.75) is 32.2 Å². The molecule has 3 nitrogen and oxygen atoms in total. The second kappa shape index (κ2) is 5.33. The van der Waals surface area contributed by atoms with E-state index in [0.717, 1.165) is 23.7 Å². The molecule has 1 aromatic carbocycles. The minimum atomic E-state index is 0.0635. The van der Waals surface area contributed by atoms with Crippen molar-refractivity contribution in [3.05, 3.63) is 35.4 Å². The average molecular weight is 258 g/mol. The van der Waals surface area contributed by atoms with Crippen molar-refractivity contribution in [2.24, 2.45) is 5.92 Å². The van der Waals surface area contributed by atoms with E-state index < -0.39 is 0 Å². The molecule has 1 aliphatic heterocycles. The minimum absolute atomic E-state index is 0.0635. The first kappa shape index (κ1) is 12.7. The van der Waals surface area contributed by atoms with Crippen LogP contribution in [-0.2, 0) is 0 Å². The summed E-state index contributed by atoms with van der Waals surface area (Å²) in [6, 6.07) is 8.64. The standard InChI is InChI=1S/C16H22N2O/c1-12-3-2-4-14(9-12)16(19)17-10-13-7-8-18(11-13)15-5-6-15/h2-4,9,13,15H,5-8,10-11H2,1H3,(H,17,19)/t13-/m0/s1. The van der Waals surface area contributed by atoms with E-state index in [1.807, 2.05) is 31.2 Å². The lowest BCUT2D eigenvalue weighted by molar-refractivity contribution is 0.0947. The van der Waals surface area contributed by atoms with Crippen molar-refractivity contribution in [1.82, 2.24) is 10.2 Å². The predicted octanol–water partition coefficient (Wildman–Crippen LogP) is 2.21. The van der Waals surface area contributed by atoms with Gasteiger partial charge in [0, 0.05) is 24.7 Å². The Hall–Kier alpha value is -1.35. The molecule has 2 aliphatic rings. The van der Waals surface area contributed by atoms with E-state index in [1.165, 1.54) is 32.4 Å². The summed E-state index contributed by atoms with van der Waals surface area (Å²) in [5.74, 6) is 0.697. The molecule has 1 heterocycles. The number of benzene rings is 1. The number of carbonyl (C=O) groups is 1. The van der Waals surface area contributed by atoms with E-state index in [-0.39, 0.29) is 5.91 Å². The Morgan fingerprint density at radius 1 is 1.37 bits per heavy atom. The Kier molecular flexibility index (Phi) is 3.56. The van der Waals surface area contributed by atoms with E-state index in [0.29, 0.717) is 5.92 Å². The van der Waals surface area contributed by atoms with Crippen LogP contribution >= 0.6 is 0 Å². The Labute approximate surface area is 115 Å². The van der Waals surface area contributed by atoms with Gasteiger partial charge >= 0.3 is 0 Å². The van der Waals surface area contributed by atoms with Gasteiger partial charge in [0.1, 0.15) is 0 Å². The molecule has 1 atom stereocenters. The molecule has 3 rings (SSSR count). The number of hydrogen-bond acceptors (Lipinski definition) is 2. The molecule has 19 heavy (non-hydrogen) atoms. The number of hydrogen-bond donors (Lipinski definition) is 1. The highest BCUT2D eigenvalue weighted by Crippen LogP contribution is 2.31. The van der Waals surface area contributed by atoms with Crippen molar-refractivity contribution in [3.63, 3.8) is 0 Å². The zero-order valence-corrected chi connectivity index (χ0v) is 11.6. The first-order chi connectivity index (χ1) is 9.22. The van der Waals surface area contributed by atoms with Gasteiger partial charge in [0.2, 0.25) is 0 Å². The molecule has 1 N–H and O–H groups in total. The van der Waals surface area contributed by atoms with Gasteiger partial charge in [0.05, 0.1) is 0 Å². The number of amides is 1. The molecule has 1 saturated heterocycles. The van der Waals surface area contributed by atoms with Crippen LogP contribution in [-0.4, -0.2) is 36.5 Å². The summed E-state index contributed by atoms with van der Waals surface area (Å²) in [7, 11) is 0. The van der Waals surface area contributed by atoms with E-state index in [2.05, 4.69) is 10.2 Å². The third kappa shape index (κ3) is 3.16. The molecule has 1 amide bonds. The van der Waals surface area contributed by atoms with Gasteiger partial charge < -0.3 is 10.2 Å². The third-order valence-electron chi connectivity index (χ3n) is 4.21. The normalized spacial score (nSPS) is 23.5. The molecule has 0 bridgehead atoms. The molecule has 0 radical (unpaired) electrons. The number of rotatable bonds is 4. The summed E-state index contributed by atoms with van der Waals surface area (Å²) in [4.78, 5) is 14.6. The molecule has 102 valence electrons. The maximum Gasteiger partial charge on any atom is 0.251 e. The quantitative estimate of drug-likeness (QED) is 0.898. The fraction of sp³-hybridized carbons (Fsp3) is 0.562. The van der Waals surface area contributed by atoms with Crippen LogP contribution < -0.4 is 5.32 Å². The Bertz CT molecular complexity index is 468. The molecule has 1 saturated carbocycles. The molecule has 3 heteroatoms. The Morgan fingerprint density at radius 3 is 2.95 bits per heavy atom. The molecule has 0 unspecified atom stereocenters. The summed E-state index contributed by atoms with van der Waals surface area (Å²) in [6.07, 6.45) is 3.98. The van der Waals surface area contributed by atoms with E-state index in [9.17, 15) is 4.79 Å². The lowest BCUT2D eigenvalue weighted by atomic mass is 10.1. The van der Waals surface area contributed by atoms with Gasteiger partial charge in [0.15, 0.2) is 0 Å². The fourth-order valence-corrected chi connectivity index (χ4v) is 2.93. The third-order valence-corrected chi connectivity index (χ3v) is 4.21. The van der Waals surface area contributed by atoms with Crippen molar-refractivity contribution < 1.29 is 4.79 Å². The van der Waals surface area contributed by atoms with E-state index in [4.69, 9.17) is 0 Å². The van der Waals surface area contributed by atoms with E-state index >= 15 is 0 Å². The van der Waals surface area contributed by atoms with Gasteiger partial charge in [-0.2, -0.15) is 0 Å². The summed E-state index contributed by atoms with van der Waals surface area (Å²) in [5, 5.41) is 3.08. The highest BCUT2D eigenvalue weighted by atomic mass is 16.1. The number of nitrogens with zero attached hydrogens (tertiary/aromatic N) is 1. The fourth-order valence-electron chi connectivity index (χ4n) is 2.93. The van der Waals surface area contributed by atoms with Crippen LogP contribution in [0.2, 0.25) is 0 Å². The summed E-state index contributed by atoms with van der Waals surface area (Å²) < 4.78 is 0. The van der Waals surface area contributed by atoms with Crippen LogP contribution in [0.1, 0.15) is 35.2 Å². The topological polar surface area (TPSA) is 32.3 Å². The first-order valence-corrected chi connectivity index (χ1v) is 7.31. The molecular weight excluding hydrogens is 236 g/mol. The van der Waals surface area contributed by atoms with Gasteiger partial charge in [-0.1, -0.05) is 17.7 Å². The molecule has 0 aromatic heterocycles. The average Bonchev–Trinajstić information content (AvgIpc) is 3.15. The maximum atomic E-state index is 12.1. The smallest absolute Gasteiger partial charge is 0.251 e. The molecule has 1 aliphatic carbocycles. The van der Waals surface area contributed by atoms with Gasteiger partial charge in [-0.25, -0.2) is 0 Å². The Morgan fingerprint density at radius 2 is 2.21 bits per heavy atom. The predicted molar refractivity (Wildman–Crippen MR) is 76.2 cm³/mol. The Balaban J connectivity index is 1.48. The van der Waals surface area contributed by atoms with Crippen LogP contribution in [0.3, 0.4) is 0 Å². The van der Waals surface area contributed by atoms with Crippen LogP contribution in [0.4, 0.5) is 0 Å². The number of likely N-dealkylation sites (tertiary alicyclic amines) is 1. The minimum Gasteiger partial charge on any atom is -0.352 e. The van der Waals surface area contributed by atoms with Crippen molar-refractivity contribution in [2.75, 3.05) is 19.6 Å². The second-order valence-corrected chi connectivity index (χ2v) is 5.96. The van der Waals surface area contributed by atoms with Crippen molar-refractivity contribution in [3.8, 4) is 0 Å². The van der Waals surface area contributed by atoms with E-state index in [1.54, 1.807) is 0 Å². The molecule has 1 aromatic rings. The largest absolute Gasteiger partial charge is 0.352 e. The zero-order chi connectivity index (χ0) is 13.2. The van der Waals surface area contributed by atoms with Crippen molar-refractivity contribution in [1.29, 1.82) is 0 Å². The van der Waals surface area contributed by atoms with Crippen LogP contribution in [0, 0.1) is 12.8 Å². The van der Waals surface area contributed by atoms with Crippen LogP contribution in [0.5, 0.6) is 0 Å². The first-order valence-electron chi connectivity index (χ1n) is 7.31. The highest BCUT2D eigenvalue weighted by molar-refractivity contribution is 5.94.